The standard InChI is InChI=1S/C14H16N6O2S/c1-10-6-13(20-14(18-10)16-9-17-20)15-8-11-4-3-5-12(7-11)19-23(2,21)22/h3-7,9,15,19H,8H2,1-2H3. The molecule has 0 amide bonds. The van der Waals surface area contributed by atoms with Crippen LogP contribution in [0.15, 0.2) is 36.7 Å². The lowest BCUT2D eigenvalue weighted by molar-refractivity contribution is 0.607. The lowest BCUT2D eigenvalue weighted by Crippen LogP contribution is -2.10. The van der Waals surface area contributed by atoms with Gasteiger partial charge in [0.25, 0.3) is 5.78 Å². The number of nitrogens with zero attached hydrogens (tertiary/aromatic N) is 4. The number of anilines is 2. The van der Waals surface area contributed by atoms with E-state index in [4.69, 9.17) is 0 Å². The van der Waals surface area contributed by atoms with Crippen molar-refractivity contribution in [3.63, 3.8) is 0 Å². The number of aromatic nitrogens is 4. The molecule has 1 aromatic carbocycles. The van der Waals surface area contributed by atoms with E-state index in [-0.39, 0.29) is 0 Å². The predicted molar refractivity (Wildman–Crippen MR) is 87.8 cm³/mol. The molecule has 0 aliphatic carbocycles. The van der Waals surface area contributed by atoms with Crippen LogP contribution >= 0.6 is 0 Å². The highest BCUT2D eigenvalue weighted by Gasteiger charge is 2.06. The van der Waals surface area contributed by atoms with E-state index in [1.54, 1.807) is 22.7 Å². The van der Waals surface area contributed by atoms with E-state index in [1.807, 2.05) is 19.1 Å². The quantitative estimate of drug-likeness (QED) is 0.733. The summed E-state index contributed by atoms with van der Waals surface area (Å²) in [5.41, 5.74) is 2.30. The van der Waals surface area contributed by atoms with Gasteiger partial charge in [0.15, 0.2) is 0 Å². The van der Waals surface area contributed by atoms with E-state index in [0.717, 1.165) is 23.3 Å². The Morgan fingerprint density at radius 3 is 2.87 bits per heavy atom. The molecule has 0 bridgehead atoms. The van der Waals surface area contributed by atoms with Gasteiger partial charge in [-0.3, -0.25) is 4.72 Å². The SMILES string of the molecule is Cc1cc(NCc2cccc(NS(C)(=O)=O)c2)n2ncnc2n1. The third-order valence-electron chi connectivity index (χ3n) is 3.08. The van der Waals surface area contributed by atoms with Crippen LogP contribution in [0.4, 0.5) is 11.5 Å². The summed E-state index contributed by atoms with van der Waals surface area (Å²) in [5.74, 6) is 1.30. The van der Waals surface area contributed by atoms with Gasteiger partial charge in [-0.05, 0) is 24.6 Å². The molecule has 0 spiro atoms. The van der Waals surface area contributed by atoms with E-state index in [9.17, 15) is 8.42 Å². The van der Waals surface area contributed by atoms with Crippen molar-refractivity contribution in [3.8, 4) is 0 Å². The van der Waals surface area contributed by atoms with E-state index < -0.39 is 10.0 Å². The molecule has 23 heavy (non-hydrogen) atoms. The zero-order valence-electron chi connectivity index (χ0n) is 12.7. The Hall–Kier alpha value is -2.68. The van der Waals surface area contributed by atoms with Crippen LogP contribution in [0.5, 0.6) is 0 Å². The second kappa shape index (κ2) is 5.84. The van der Waals surface area contributed by atoms with Gasteiger partial charge in [0.1, 0.15) is 12.1 Å². The molecule has 120 valence electrons. The topological polar surface area (TPSA) is 101 Å². The molecule has 0 atom stereocenters. The molecule has 2 N–H and O–H groups in total. The fraction of sp³-hybridized carbons (Fsp3) is 0.214. The lowest BCUT2D eigenvalue weighted by atomic mass is 10.2. The fourth-order valence-electron chi connectivity index (χ4n) is 2.21. The number of aryl methyl sites for hydroxylation is 1. The highest BCUT2D eigenvalue weighted by atomic mass is 32.2. The predicted octanol–water partition coefficient (Wildman–Crippen LogP) is 1.42. The second-order valence-corrected chi connectivity index (χ2v) is 6.93. The molecule has 2 aromatic heterocycles. The molecule has 3 aromatic rings. The summed E-state index contributed by atoms with van der Waals surface area (Å²) in [7, 11) is -3.29. The maximum atomic E-state index is 11.3. The average molecular weight is 332 g/mol. The van der Waals surface area contributed by atoms with E-state index in [0.29, 0.717) is 18.0 Å². The highest BCUT2D eigenvalue weighted by Crippen LogP contribution is 2.15. The molecule has 0 aliphatic heterocycles. The summed E-state index contributed by atoms with van der Waals surface area (Å²) < 4.78 is 26.7. The van der Waals surface area contributed by atoms with Gasteiger partial charge >= 0.3 is 0 Å². The van der Waals surface area contributed by atoms with Crippen molar-refractivity contribution in [2.75, 3.05) is 16.3 Å². The Morgan fingerprint density at radius 1 is 1.26 bits per heavy atom. The summed E-state index contributed by atoms with van der Waals surface area (Å²) in [6, 6.07) is 9.07. The van der Waals surface area contributed by atoms with Gasteiger partial charge in [0.2, 0.25) is 10.0 Å². The van der Waals surface area contributed by atoms with Gasteiger partial charge in [-0.1, -0.05) is 12.1 Å². The van der Waals surface area contributed by atoms with Crippen LogP contribution in [0.3, 0.4) is 0 Å². The average Bonchev–Trinajstić information content (AvgIpc) is 2.91. The summed E-state index contributed by atoms with van der Waals surface area (Å²) in [6.45, 7) is 2.40. The number of benzene rings is 1. The van der Waals surface area contributed by atoms with E-state index in [1.165, 1.54) is 6.33 Å². The highest BCUT2D eigenvalue weighted by molar-refractivity contribution is 7.92. The smallest absolute Gasteiger partial charge is 0.254 e. The van der Waals surface area contributed by atoms with Crippen LogP contribution in [-0.4, -0.2) is 34.3 Å². The Balaban J connectivity index is 1.80. The maximum Gasteiger partial charge on any atom is 0.254 e. The minimum absolute atomic E-state index is 0.512. The number of rotatable bonds is 5. The molecule has 0 unspecified atom stereocenters. The number of fused-ring (bicyclic) bond motifs is 1. The zero-order valence-corrected chi connectivity index (χ0v) is 13.5. The largest absolute Gasteiger partial charge is 0.366 e. The Kier molecular flexibility index (Phi) is 3.87. The van der Waals surface area contributed by atoms with E-state index >= 15 is 0 Å². The molecule has 0 fully saturated rings. The normalized spacial score (nSPS) is 11.6. The van der Waals surface area contributed by atoms with Gasteiger partial charge in [-0.15, -0.1) is 0 Å². The van der Waals surface area contributed by atoms with Crippen molar-refractivity contribution in [2.24, 2.45) is 0 Å². The van der Waals surface area contributed by atoms with Gasteiger partial charge in [-0.25, -0.2) is 13.4 Å². The number of hydrogen-bond acceptors (Lipinski definition) is 6. The van der Waals surface area contributed by atoms with Crippen LogP contribution in [0.25, 0.3) is 5.78 Å². The molecule has 9 heteroatoms. The zero-order chi connectivity index (χ0) is 16.4. The molecule has 2 heterocycles. The monoisotopic (exact) mass is 332 g/mol. The van der Waals surface area contributed by atoms with Crippen LogP contribution in [0.2, 0.25) is 0 Å². The fourth-order valence-corrected chi connectivity index (χ4v) is 2.76. The van der Waals surface area contributed by atoms with Gasteiger partial charge < -0.3 is 5.32 Å². The van der Waals surface area contributed by atoms with Crippen molar-refractivity contribution in [1.29, 1.82) is 0 Å². The van der Waals surface area contributed by atoms with Gasteiger partial charge in [0, 0.05) is 24.0 Å². The first-order valence-corrected chi connectivity index (χ1v) is 8.78. The Bertz CT molecular complexity index is 951. The molecule has 8 nitrogen and oxygen atoms in total. The van der Waals surface area contributed by atoms with Crippen molar-refractivity contribution < 1.29 is 8.42 Å². The van der Waals surface area contributed by atoms with Crippen LogP contribution < -0.4 is 10.0 Å². The third-order valence-corrected chi connectivity index (χ3v) is 3.69. The summed E-state index contributed by atoms with van der Waals surface area (Å²) in [6.07, 6.45) is 2.57. The number of hydrogen-bond donors (Lipinski definition) is 2. The van der Waals surface area contributed by atoms with Crippen LogP contribution in [0, 0.1) is 6.92 Å². The number of sulfonamides is 1. The molecule has 0 saturated carbocycles. The Morgan fingerprint density at radius 2 is 2.09 bits per heavy atom. The summed E-state index contributed by atoms with van der Waals surface area (Å²) in [5, 5.41) is 7.39. The van der Waals surface area contributed by atoms with Crippen molar-refractivity contribution in [2.45, 2.75) is 13.5 Å². The first kappa shape index (κ1) is 15.2. The molecule has 0 saturated heterocycles. The molecule has 0 aliphatic rings. The molecular weight excluding hydrogens is 316 g/mol. The first-order chi connectivity index (χ1) is 10.9. The van der Waals surface area contributed by atoms with Gasteiger partial charge in [-0.2, -0.15) is 14.6 Å². The maximum absolute atomic E-state index is 11.3. The molecule has 3 rings (SSSR count). The minimum atomic E-state index is -3.29. The first-order valence-electron chi connectivity index (χ1n) is 6.89. The van der Waals surface area contributed by atoms with Crippen molar-refractivity contribution >= 4 is 27.3 Å². The summed E-state index contributed by atoms with van der Waals surface area (Å²) in [4.78, 5) is 8.35. The van der Waals surface area contributed by atoms with Crippen molar-refractivity contribution in [1.82, 2.24) is 19.6 Å². The van der Waals surface area contributed by atoms with Crippen molar-refractivity contribution in [3.05, 3.63) is 47.9 Å². The van der Waals surface area contributed by atoms with Gasteiger partial charge in [0.05, 0.1) is 6.26 Å². The minimum Gasteiger partial charge on any atom is -0.366 e. The third kappa shape index (κ3) is 3.75. The summed E-state index contributed by atoms with van der Waals surface area (Å²) >= 11 is 0. The molecule has 0 radical (unpaired) electrons. The van der Waals surface area contributed by atoms with Crippen LogP contribution in [-0.2, 0) is 16.6 Å². The van der Waals surface area contributed by atoms with E-state index in [2.05, 4.69) is 25.1 Å². The lowest BCUT2D eigenvalue weighted by Gasteiger charge is -2.10. The molecular formula is C14H16N6O2S. The number of nitrogens with one attached hydrogen (secondary N) is 2. The second-order valence-electron chi connectivity index (χ2n) is 5.18. The Labute approximate surface area is 133 Å². The van der Waals surface area contributed by atoms with Crippen LogP contribution in [0.1, 0.15) is 11.3 Å².